The summed E-state index contributed by atoms with van der Waals surface area (Å²) in [5, 5.41) is 13.4. The van der Waals surface area contributed by atoms with Crippen LogP contribution in [0.15, 0.2) is 41.5 Å². The smallest absolute Gasteiger partial charge is 0.356 e. The third-order valence-corrected chi connectivity index (χ3v) is 7.06. The Morgan fingerprint density at radius 2 is 1.69 bits per heavy atom. The molecule has 1 aliphatic heterocycles. The van der Waals surface area contributed by atoms with E-state index in [2.05, 4.69) is 30.1 Å². The lowest BCUT2D eigenvalue weighted by atomic mass is 10.0. The molecular formula is C27H29ClN8O3. The number of carboxylic acid groups (broad SMARTS) is 1. The number of aromatic carboxylic acids is 1. The summed E-state index contributed by atoms with van der Waals surface area (Å²) >= 11 is 5.92. The van der Waals surface area contributed by atoms with Crippen molar-refractivity contribution in [1.29, 1.82) is 0 Å². The number of aromatic nitrogens is 5. The van der Waals surface area contributed by atoms with Gasteiger partial charge in [0.05, 0.1) is 22.6 Å². The fourth-order valence-corrected chi connectivity index (χ4v) is 4.98. The number of halogens is 1. The van der Waals surface area contributed by atoms with Crippen molar-refractivity contribution < 1.29 is 9.90 Å². The molecule has 5 rings (SSSR count). The number of aryl methyl sites for hydroxylation is 2. The highest BCUT2D eigenvalue weighted by Gasteiger charge is 2.24. The normalized spacial score (nSPS) is 14.5. The van der Waals surface area contributed by atoms with Crippen LogP contribution in [-0.2, 0) is 7.05 Å². The quantitative estimate of drug-likeness (QED) is 0.345. The Morgan fingerprint density at radius 3 is 2.36 bits per heavy atom. The van der Waals surface area contributed by atoms with E-state index in [4.69, 9.17) is 16.6 Å². The lowest BCUT2D eigenvalue weighted by Gasteiger charge is -2.36. The first kappa shape index (κ1) is 26.4. The van der Waals surface area contributed by atoms with Crippen molar-refractivity contribution in [3.8, 4) is 0 Å². The van der Waals surface area contributed by atoms with Crippen LogP contribution >= 0.6 is 11.6 Å². The molecule has 3 aromatic heterocycles. The van der Waals surface area contributed by atoms with Crippen molar-refractivity contribution in [2.45, 2.75) is 26.8 Å². The number of hydrogen-bond donors (Lipinski definition) is 2. The Bertz CT molecular complexity index is 1610. The number of anilines is 3. The molecule has 0 aliphatic carbocycles. The molecule has 12 heteroatoms. The van der Waals surface area contributed by atoms with Crippen molar-refractivity contribution in [1.82, 2.24) is 24.5 Å². The van der Waals surface area contributed by atoms with E-state index < -0.39 is 5.97 Å². The van der Waals surface area contributed by atoms with E-state index in [1.807, 2.05) is 45.3 Å². The third kappa shape index (κ3) is 5.22. The number of piperazine rings is 1. The maximum absolute atomic E-state index is 13.5. The number of nitrogens with zero attached hydrogens (tertiary/aromatic N) is 7. The fraction of sp³-hybridized carbons (Fsp3) is 0.333. The molecule has 11 nitrogen and oxygen atoms in total. The largest absolute Gasteiger partial charge is 0.476 e. The Labute approximate surface area is 230 Å². The maximum atomic E-state index is 13.5. The van der Waals surface area contributed by atoms with E-state index in [0.29, 0.717) is 54.7 Å². The minimum Gasteiger partial charge on any atom is -0.476 e. The third-order valence-electron chi connectivity index (χ3n) is 6.85. The summed E-state index contributed by atoms with van der Waals surface area (Å²) in [6.07, 6.45) is 3.61. The van der Waals surface area contributed by atoms with Crippen LogP contribution in [0.3, 0.4) is 0 Å². The molecule has 0 radical (unpaired) electrons. The van der Waals surface area contributed by atoms with Gasteiger partial charge in [-0.05, 0) is 50.1 Å². The van der Waals surface area contributed by atoms with Crippen LogP contribution in [0.1, 0.15) is 40.1 Å². The summed E-state index contributed by atoms with van der Waals surface area (Å²) in [6.45, 7) is 8.45. The van der Waals surface area contributed by atoms with Gasteiger partial charge >= 0.3 is 5.97 Å². The zero-order valence-corrected chi connectivity index (χ0v) is 22.9. The molecule has 0 spiro atoms. The van der Waals surface area contributed by atoms with Gasteiger partial charge in [-0.15, -0.1) is 0 Å². The lowest BCUT2D eigenvalue weighted by molar-refractivity contribution is 0.0691. The highest BCUT2D eigenvalue weighted by Crippen LogP contribution is 2.29. The minimum atomic E-state index is -1.19. The molecule has 202 valence electrons. The first-order chi connectivity index (χ1) is 18.6. The van der Waals surface area contributed by atoms with E-state index in [1.165, 1.54) is 6.07 Å². The molecule has 2 N–H and O–H groups in total. The van der Waals surface area contributed by atoms with Crippen LogP contribution in [-0.4, -0.2) is 61.8 Å². The summed E-state index contributed by atoms with van der Waals surface area (Å²) < 4.78 is 1.59. The molecule has 0 unspecified atom stereocenters. The number of pyridine rings is 1. The standard InChI is InChI=1S/C27H29ClN8O3/c1-15-11-18(17(3)31-20-5-6-21(28)32-23(20)25(38)39)22-19(12-15)24(37)34(4)27(33-22)36-9-7-35(8-10-36)26-29-13-16(2)14-30-26/h5-6,11-14,17,31H,7-10H2,1-4H3,(H,38,39)/t17-/m1/s1. The zero-order chi connectivity index (χ0) is 27.8. The van der Waals surface area contributed by atoms with Gasteiger partial charge < -0.3 is 20.2 Å². The van der Waals surface area contributed by atoms with Gasteiger partial charge in [-0.2, -0.15) is 0 Å². The second kappa shape index (κ2) is 10.5. The van der Waals surface area contributed by atoms with Crippen LogP contribution in [0.4, 0.5) is 17.6 Å². The van der Waals surface area contributed by atoms with Crippen LogP contribution in [0.25, 0.3) is 10.9 Å². The number of benzene rings is 1. The number of fused-ring (bicyclic) bond motifs is 1. The van der Waals surface area contributed by atoms with Crippen LogP contribution in [0.2, 0.25) is 5.15 Å². The average molecular weight is 549 g/mol. The molecule has 39 heavy (non-hydrogen) atoms. The van der Waals surface area contributed by atoms with Crippen molar-refractivity contribution in [3.63, 3.8) is 0 Å². The van der Waals surface area contributed by atoms with Gasteiger partial charge in [0.15, 0.2) is 5.69 Å². The van der Waals surface area contributed by atoms with Crippen LogP contribution < -0.4 is 20.7 Å². The van der Waals surface area contributed by atoms with Crippen molar-refractivity contribution in [2.75, 3.05) is 41.3 Å². The van der Waals surface area contributed by atoms with Gasteiger partial charge in [0.2, 0.25) is 11.9 Å². The summed E-state index contributed by atoms with van der Waals surface area (Å²) in [6, 6.07) is 6.54. The van der Waals surface area contributed by atoms with Gasteiger partial charge in [0.1, 0.15) is 5.15 Å². The molecule has 4 aromatic rings. The number of carbonyl (C=O) groups is 1. The predicted octanol–water partition coefficient (Wildman–Crippen LogP) is 3.59. The molecular weight excluding hydrogens is 520 g/mol. The summed E-state index contributed by atoms with van der Waals surface area (Å²) in [5.74, 6) is 0.0788. The molecule has 1 aromatic carbocycles. The van der Waals surface area contributed by atoms with E-state index in [1.54, 1.807) is 17.7 Å². The highest BCUT2D eigenvalue weighted by molar-refractivity contribution is 6.29. The number of rotatable bonds is 6. The Balaban J connectivity index is 1.49. The first-order valence-electron chi connectivity index (χ1n) is 12.6. The van der Waals surface area contributed by atoms with Crippen LogP contribution in [0, 0.1) is 13.8 Å². The van der Waals surface area contributed by atoms with Gasteiger partial charge in [-0.1, -0.05) is 17.7 Å². The minimum absolute atomic E-state index is 0.0930. The number of hydrogen-bond acceptors (Lipinski definition) is 9. The highest BCUT2D eigenvalue weighted by atomic mass is 35.5. The average Bonchev–Trinajstić information content (AvgIpc) is 2.92. The summed E-state index contributed by atoms with van der Waals surface area (Å²) in [5.41, 5.74) is 3.27. The molecule has 1 aliphatic rings. The summed E-state index contributed by atoms with van der Waals surface area (Å²) in [4.78, 5) is 47.3. The Morgan fingerprint density at radius 1 is 1.03 bits per heavy atom. The van der Waals surface area contributed by atoms with E-state index in [9.17, 15) is 14.7 Å². The van der Waals surface area contributed by atoms with E-state index in [-0.39, 0.29) is 22.4 Å². The van der Waals surface area contributed by atoms with E-state index >= 15 is 0 Å². The van der Waals surface area contributed by atoms with Crippen molar-refractivity contribution in [3.05, 3.63) is 74.6 Å². The molecule has 1 fully saturated rings. The number of nitrogens with one attached hydrogen (secondary N) is 1. The van der Waals surface area contributed by atoms with Crippen molar-refractivity contribution in [2.24, 2.45) is 7.05 Å². The zero-order valence-electron chi connectivity index (χ0n) is 22.1. The topological polar surface area (TPSA) is 129 Å². The monoisotopic (exact) mass is 548 g/mol. The summed E-state index contributed by atoms with van der Waals surface area (Å²) in [7, 11) is 1.74. The molecule has 1 atom stereocenters. The second-order valence-electron chi connectivity index (χ2n) is 9.76. The van der Waals surface area contributed by atoms with Gasteiger partial charge in [0, 0.05) is 51.2 Å². The van der Waals surface area contributed by atoms with Crippen molar-refractivity contribution >= 4 is 46.1 Å². The molecule has 0 amide bonds. The van der Waals surface area contributed by atoms with E-state index in [0.717, 1.165) is 16.7 Å². The lowest BCUT2D eigenvalue weighted by Crippen LogP contribution is -2.48. The number of carboxylic acids is 1. The predicted molar refractivity (Wildman–Crippen MR) is 151 cm³/mol. The molecule has 0 bridgehead atoms. The SMILES string of the molecule is Cc1cnc(N2CCN(c3nc4c([C@@H](C)Nc5ccc(Cl)nc5C(=O)O)cc(C)cc4c(=O)n3C)CC2)nc1. The molecule has 4 heterocycles. The Kier molecular flexibility index (Phi) is 7.09. The fourth-order valence-electron chi connectivity index (χ4n) is 4.84. The van der Waals surface area contributed by atoms with Gasteiger partial charge in [0.25, 0.3) is 5.56 Å². The van der Waals surface area contributed by atoms with Gasteiger partial charge in [-0.25, -0.2) is 24.7 Å². The Hall–Kier alpha value is -4.25. The molecule has 1 saturated heterocycles. The first-order valence-corrected chi connectivity index (χ1v) is 13.0. The van der Waals surface area contributed by atoms with Gasteiger partial charge in [-0.3, -0.25) is 9.36 Å². The maximum Gasteiger partial charge on any atom is 0.356 e. The molecule has 0 saturated carbocycles. The second-order valence-corrected chi connectivity index (χ2v) is 10.1. The van der Waals surface area contributed by atoms with Crippen LogP contribution in [0.5, 0.6) is 0 Å².